The van der Waals surface area contributed by atoms with Crippen LogP contribution in [-0.2, 0) is 14.3 Å². The molecule has 0 amide bonds. The van der Waals surface area contributed by atoms with Gasteiger partial charge in [0, 0.05) is 4.47 Å². The average molecular weight is 474 g/mol. The lowest BCUT2D eigenvalue weighted by atomic mass is 10.1. The first-order chi connectivity index (χ1) is 14.5. The van der Waals surface area contributed by atoms with Crippen LogP contribution in [0, 0.1) is 11.3 Å². The van der Waals surface area contributed by atoms with Crippen molar-refractivity contribution >= 4 is 33.9 Å². The first-order valence-electron chi connectivity index (χ1n) is 9.11. The molecule has 0 saturated heterocycles. The molecule has 0 heterocycles. The van der Waals surface area contributed by atoms with Gasteiger partial charge in [0.1, 0.15) is 17.4 Å². The molecule has 0 N–H and O–H groups in total. The number of carbonyl (C=O) groups is 2. The Morgan fingerprint density at radius 2 is 1.77 bits per heavy atom. The Morgan fingerprint density at radius 3 is 2.40 bits per heavy atom. The number of hydrogen-bond acceptors (Lipinski definition) is 7. The lowest BCUT2D eigenvalue weighted by molar-refractivity contribution is -0.138. The highest BCUT2D eigenvalue weighted by Gasteiger charge is 2.14. The van der Waals surface area contributed by atoms with Gasteiger partial charge in [-0.25, -0.2) is 9.59 Å². The Labute approximate surface area is 182 Å². The van der Waals surface area contributed by atoms with Crippen LogP contribution < -0.4 is 14.2 Å². The van der Waals surface area contributed by atoms with Crippen molar-refractivity contribution < 1.29 is 28.5 Å². The molecule has 0 aliphatic carbocycles. The number of nitriles is 1. The minimum Gasteiger partial charge on any atom is -0.490 e. The van der Waals surface area contributed by atoms with E-state index in [0.717, 1.165) is 4.47 Å². The number of halogens is 1. The average Bonchev–Trinajstić information content (AvgIpc) is 2.73. The molecule has 0 aliphatic rings. The summed E-state index contributed by atoms with van der Waals surface area (Å²) in [6.45, 7) is 3.65. The molecule has 0 radical (unpaired) electrons. The van der Waals surface area contributed by atoms with Crippen LogP contribution >= 0.6 is 15.9 Å². The Bertz CT molecular complexity index is 963. The fraction of sp³-hybridized carbons (Fsp3) is 0.227. The molecule has 0 saturated carbocycles. The van der Waals surface area contributed by atoms with Crippen LogP contribution in [0.25, 0.3) is 6.08 Å². The zero-order valence-corrected chi connectivity index (χ0v) is 18.1. The quantitative estimate of drug-likeness (QED) is 0.232. The summed E-state index contributed by atoms with van der Waals surface area (Å²) in [6, 6.07) is 13.5. The molecule has 0 atom stereocenters. The van der Waals surface area contributed by atoms with E-state index >= 15 is 0 Å². The first-order valence-corrected chi connectivity index (χ1v) is 9.91. The van der Waals surface area contributed by atoms with Gasteiger partial charge in [-0.05, 0) is 61.9 Å². The van der Waals surface area contributed by atoms with Crippen molar-refractivity contribution in [1.29, 1.82) is 5.26 Å². The molecule has 2 rings (SSSR count). The van der Waals surface area contributed by atoms with E-state index in [0.29, 0.717) is 23.7 Å². The fourth-order valence-corrected chi connectivity index (χ4v) is 2.57. The van der Waals surface area contributed by atoms with Gasteiger partial charge in [0.2, 0.25) is 0 Å². The Hall–Kier alpha value is -3.31. The maximum Gasteiger partial charge on any atom is 0.349 e. The van der Waals surface area contributed by atoms with Crippen molar-refractivity contribution in [2.45, 2.75) is 13.8 Å². The van der Waals surface area contributed by atoms with Crippen LogP contribution in [0.1, 0.15) is 19.4 Å². The largest absolute Gasteiger partial charge is 0.490 e. The number of benzene rings is 2. The summed E-state index contributed by atoms with van der Waals surface area (Å²) in [6.07, 6.45) is 1.38. The summed E-state index contributed by atoms with van der Waals surface area (Å²) in [4.78, 5) is 23.9. The molecular weight excluding hydrogens is 454 g/mol. The van der Waals surface area contributed by atoms with E-state index in [-0.39, 0.29) is 24.5 Å². The summed E-state index contributed by atoms with van der Waals surface area (Å²) < 4.78 is 22.0. The number of esters is 2. The zero-order valence-electron chi connectivity index (χ0n) is 16.5. The maximum absolute atomic E-state index is 12.2. The summed E-state index contributed by atoms with van der Waals surface area (Å²) >= 11 is 3.32. The van der Waals surface area contributed by atoms with Crippen molar-refractivity contribution in [3.05, 3.63) is 58.1 Å². The lowest BCUT2D eigenvalue weighted by Gasteiger charge is -2.12. The monoisotopic (exact) mass is 473 g/mol. The topological polar surface area (TPSA) is 94.9 Å². The Balaban J connectivity index is 2.12. The molecule has 0 fully saturated rings. The standard InChI is InChI=1S/C22H20BrNO6/c1-3-27-20-12-15(11-16(13-24)22(26)28-4-2)5-10-19(20)30-21(25)14-29-18-8-6-17(23)7-9-18/h5-12H,3-4,14H2,1-2H3/b16-11+. The van der Waals surface area contributed by atoms with Gasteiger partial charge in [-0.15, -0.1) is 0 Å². The molecule has 7 nitrogen and oxygen atoms in total. The number of rotatable bonds is 9. The zero-order chi connectivity index (χ0) is 21.9. The predicted octanol–water partition coefficient (Wildman–Crippen LogP) is 4.30. The molecular formula is C22H20BrNO6. The van der Waals surface area contributed by atoms with Gasteiger partial charge in [0.15, 0.2) is 18.1 Å². The van der Waals surface area contributed by atoms with Gasteiger partial charge in [-0.3, -0.25) is 0 Å². The van der Waals surface area contributed by atoms with E-state index in [2.05, 4.69) is 15.9 Å². The Kier molecular flexibility index (Phi) is 8.91. The third-order valence-electron chi connectivity index (χ3n) is 3.59. The van der Waals surface area contributed by atoms with E-state index in [9.17, 15) is 9.59 Å². The van der Waals surface area contributed by atoms with Crippen LogP contribution in [0.2, 0.25) is 0 Å². The van der Waals surface area contributed by atoms with Crippen LogP contribution in [0.15, 0.2) is 52.5 Å². The third kappa shape index (κ3) is 6.94. The van der Waals surface area contributed by atoms with Gasteiger partial charge in [0.25, 0.3) is 0 Å². The van der Waals surface area contributed by atoms with Crippen LogP contribution in [-0.4, -0.2) is 31.8 Å². The van der Waals surface area contributed by atoms with Crippen LogP contribution in [0.3, 0.4) is 0 Å². The number of ether oxygens (including phenoxy) is 4. The van der Waals surface area contributed by atoms with E-state index in [1.54, 1.807) is 50.2 Å². The number of nitrogens with zero attached hydrogens (tertiary/aromatic N) is 1. The molecule has 2 aromatic rings. The molecule has 0 aromatic heterocycles. The van der Waals surface area contributed by atoms with Crippen LogP contribution in [0.4, 0.5) is 0 Å². The molecule has 8 heteroatoms. The van der Waals surface area contributed by atoms with Gasteiger partial charge >= 0.3 is 11.9 Å². The molecule has 0 aliphatic heterocycles. The minimum atomic E-state index is -0.710. The molecule has 156 valence electrons. The van der Waals surface area contributed by atoms with E-state index < -0.39 is 11.9 Å². The van der Waals surface area contributed by atoms with Crippen molar-refractivity contribution in [3.63, 3.8) is 0 Å². The highest BCUT2D eigenvalue weighted by molar-refractivity contribution is 9.10. The SMILES string of the molecule is CCOC(=O)/C(C#N)=C/c1ccc(OC(=O)COc2ccc(Br)cc2)c(OCC)c1. The van der Waals surface area contributed by atoms with Crippen molar-refractivity contribution in [2.75, 3.05) is 19.8 Å². The number of carbonyl (C=O) groups excluding carboxylic acids is 2. The minimum absolute atomic E-state index is 0.146. The van der Waals surface area contributed by atoms with Crippen molar-refractivity contribution in [3.8, 4) is 23.3 Å². The van der Waals surface area contributed by atoms with Crippen LogP contribution in [0.5, 0.6) is 17.2 Å². The number of hydrogen-bond donors (Lipinski definition) is 0. The summed E-state index contributed by atoms with van der Waals surface area (Å²) in [5.41, 5.74) is 0.376. The first kappa shape index (κ1) is 23.0. The molecule has 0 unspecified atom stereocenters. The van der Waals surface area contributed by atoms with Gasteiger partial charge in [-0.2, -0.15) is 5.26 Å². The lowest BCUT2D eigenvalue weighted by Crippen LogP contribution is -2.18. The van der Waals surface area contributed by atoms with E-state index in [4.69, 9.17) is 24.2 Å². The molecule has 0 bridgehead atoms. The van der Waals surface area contributed by atoms with Gasteiger partial charge < -0.3 is 18.9 Å². The summed E-state index contributed by atoms with van der Waals surface area (Å²) in [5, 5.41) is 9.16. The molecule has 0 spiro atoms. The van der Waals surface area contributed by atoms with E-state index in [1.807, 2.05) is 6.07 Å². The smallest absolute Gasteiger partial charge is 0.349 e. The van der Waals surface area contributed by atoms with Crippen molar-refractivity contribution in [2.24, 2.45) is 0 Å². The van der Waals surface area contributed by atoms with Gasteiger partial charge in [-0.1, -0.05) is 22.0 Å². The third-order valence-corrected chi connectivity index (χ3v) is 4.12. The maximum atomic E-state index is 12.2. The second-order valence-electron chi connectivity index (χ2n) is 5.75. The molecule has 2 aromatic carbocycles. The second-order valence-corrected chi connectivity index (χ2v) is 6.66. The normalized spacial score (nSPS) is 10.7. The highest BCUT2D eigenvalue weighted by Crippen LogP contribution is 2.30. The predicted molar refractivity (Wildman–Crippen MR) is 113 cm³/mol. The Morgan fingerprint density at radius 1 is 1.03 bits per heavy atom. The van der Waals surface area contributed by atoms with E-state index in [1.165, 1.54) is 12.1 Å². The summed E-state index contributed by atoms with van der Waals surface area (Å²) in [7, 11) is 0. The van der Waals surface area contributed by atoms with Crippen molar-refractivity contribution in [1.82, 2.24) is 0 Å². The van der Waals surface area contributed by atoms with Gasteiger partial charge in [0.05, 0.1) is 13.2 Å². The molecule has 30 heavy (non-hydrogen) atoms. The highest BCUT2D eigenvalue weighted by atomic mass is 79.9. The second kappa shape index (κ2) is 11.6. The summed E-state index contributed by atoms with van der Waals surface area (Å²) in [5.74, 6) is -0.286. The fourth-order valence-electron chi connectivity index (χ4n) is 2.30.